The van der Waals surface area contributed by atoms with Gasteiger partial charge in [0.1, 0.15) is 6.61 Å². The molecule has 1 aromatic carbocycles. The quantitative estimate of drug-likeness (QED) is 0.0841. The molecule has 0 radical (unpaired) electrons. The van der Waals surface area contributed by atoms with Crippen molar-refractivity contribution in [3.63, 3.8) is 0 Å². The molecule has 7 nitrogen and oxygen atoms in total. The fourth-order valence-electron chi connectivity index (χ4n) is 4.32. The molecule has 0 amide bonds. The van der Waals surface area contributed by atoms with Crippen molar-refractivity contribution < 1.29 is 14.4 Å². The average molecular weight is 527 g/mol. The van der Waals surface area contributed by atoms with Gasteiger partial charge in [-0.3, -0.25) is 14.9 Å². The number of nitro benzene ring substituents is 1. The smallest absolute Gasteiger partial charge is 0.297 e. The molecule has 1 heterocycles. The summed E-state index contributed by atoms with van der Waals surface area (Å²) < 4.78 is 13.8. The Bertz CT molecular complexity index is 1160. The highest BCUT2D eigenvalue weighted by Gasteiger charge is 2.21. The van der Waals surface area contributed by atoms with Crippen LogP contribution < -0.4 is 15.0 Å². The lowest BCUT2D eigenvalue weighted by Crippen LogP contribution is -2.24. The summed E-state index contributed by atoms with van der Waals surface area (Å²) in [7, 11) is 0. The van der Waals surface area contributed by atoms with Crippen molar-refractivity contribution >= 4 is 16.6 Å². The number of fused-ring (bicyclic) bond motifs is 1. The Labute approximate surface area is 227 Å². The van der Waals surface area contributed by atoms with Crippen LogP contribution >= 0.6 is 0 Å². The molecule has 0 aliphatic rings. The molecule has 0 spiro atoms. The zero-order chi connectivity index (χ0) is 27.9. The Morgan fingerprint density at radius 2 is 1.66 bits per heavy atom. The van der Waals surface area contributed by atoms with Crippen LogP contribution in [0.5, 0.6) is 11.5 Å². The Kier molecular flexibility index (Phi) is 13.7. The normalized spacial score (nSPS) is 11.6. The average Bonchev–Trinajstić information content (AvgIpc) is 2.88. The van der Waals surface area contributed by atoms with Gasteiger partial charge in [0.05, 0.1) is 17.0 Å². The van der Waals surface area contributed by atoms with E-state index in [0.29, 0.717) is 29.8 Å². The van der Waals surface area contributed by atoms with Gasteiger partial charge in [0.2, 0.25) is 5.75 Å². The molecule has 38 heavy (non-hydrogen) atoms. The number of nitro groups is 1. The second-order valence-corrected chi connectivity index (χ2v) is 10.2. The third-order valence-corrected chi connectivity index (χ3v) is 6.60. The van der Waals surface area contributed by atoms with E-state index < -0.39 is 4.92 Å². The van der Waals surface area contributed by atoms with Crippen molar-refractivity contribution in [2.24, 2.45) is 0 Å². The predicted molar refractivity (Wildman–Crippen MR) is 157 cm³/mol. The van der Waals surface area contributed by atoms with E-state index >= 15 is 0 Å². The third kappa shape index (κ3) is 9.66. The van der Waals surface area contributed by atoms with E-state index in [9.17, 15) is 14.9 Å². The predicted octanol–water partition coefficient (Wildman–Crippen LogP) is 8.52. The molecule has 2 aromatic rings. The maximum Gasteiger partial charge on any atom is 0.297 e. The molecule has 0 aliphatic heterocycles. The van der Waals surface area contributed by atoms with Crippen molar-refractivity contribution in [2.75, 3.05) is 13.2 Å². The second kappa shape index (κ2) is 16.7. The summed E-state index contributed by atoms with van der Waals surface area (Å²) in [6.45, 7) is 11.7. The number of hydrogen-bond acceptors (Lipinski definition) is 5. The molecule has 0 fully saturated rings. The minimum Gasteiger partial charge on any atom is -0.489 e. The molecule has 2 rings (SSSR count). The third-order valence-electron chi connectivity index (χ3n) is 6.60. The number of aromatic nitrogens is 1. The summed E-state index contributed by atoms with van der Waals surface area (Å²) in [6, 6.07) is 4.63. The van der Waals surface area contributed by atoms with Crippen LogP contribution in [0.1, 0.15) is 98.8 Å². The number of allylic oxidation sites excluding steroid dienone is 3. The summed E-state index contributed by atoms with van der Waals surface area (Å²) in [5.41, 5.74) is 2.67. The number of nitrogens with zero attached hydrogens (tertiary/aromatic N) is 2. The van der Waals surface area contributed by atoms with E-state index in [1.54, 1.807) is 10.6 Å². The maximum atomic E-state index is 13.8. The molecule has 0 unspecified atom stereocenters. The highest BCUT2D eigenvalue weighted by Crippen LogP contribution is 2.35. The van der Waals surface area contributed by atoms with E-state index in [-0.39, 0.29) is 23.6 Å². The van der Waals surface area contributed by atoms with Gasteiger partial charge in [-0.15, -0.1) is 0 Å². The van der Waals surface area contributed by atoms with Gasteiger partial charge < -0.3 is 14.0 Å². The number of benzene rings is 1. The lowest BCUT2D eigenvalue weighted by atomic mass is 10.1. The molecule has 0 saturated heterocycles. The molecule has 0 aliphatic carbocycles. The fourth-order valence-corrected chi connectivity index (χ4v) is 4.32. The molecule has 0 atom stereocenters. The van der Waals surface area contributed by atoms with Crippen molar-refractivity contribution in [2.45, 2.75) is 105 Å². The van der Waals surface area contributed by atoms with Crippen LogP contribution in [0.2, 0.25) is 0 Å². The highest BCUT2D eigenvalue weighted by molar-refractivity contribution is 5.89. The van der Waals surface area contributed by atoms with Crippen LogP contribution in [0.4, 0.5) is 5.69 Å². The van der Waals surface area contributed by atoms with Crippen molar-refractivity contribution in [3.05, 3.63) is 62.0 Å². The van der Waals surface area contributed by atoms with Gasteiger partial charge in [0.25, 0.3) is 11.2 Å². The zero-order valence-electron chi connectivity index (χ0n) is 24.0. The lowest BCUT2D eigenvalue weighted by Gasteiger charge is -2.18. The molecule has 0 saturated carbocycles. The summed E-state index contributed by atoms with van der Waals surface area (Å²) >= 11 is 0. The zero-order valence-corrected chi connectivity index (χ0v) is 24.0. The molecule has 7 heteroatoms. The Morgan fingerprint density at radius 1 is 0.947 bits per heavy atom. The van der Waals surface area contributed by atoms with E-state index in [1.807, 2.05) is 6.08 Å². The van der Waals surface area contributed by atoms with E-state index in [4.69, 9.17) is 9.47 Å². The first-order chi connectivity index (χ1) is 18.3. The van der Waals surface area contributed by atoms with Gasteiger partial charge in [0, 0.05) is 24.1 Å². The largest absolute Gasteiger partial charge is 0.489 e. The molecule has 0 N–H and O–H groups in total. The number of ether oxygens (including phenoxy) is 2. The maximum absolute atomic E-state index is 13.8. The van der Waals surface area contributed by atoms with Crippen LogP contribution in [-0.4, -0.2) is 22.7 Å². The molecule has 1 aromatic heterocycles. The standard InChI is InChI=1S/C31H46N2O5/c1-6-8-10-11-12-13-20-32-28-23-26(33(35)36)17-18-27(28)29(37-21-9-7-2)30(31(32)34)38-22-19-25(5)16-14-15-24(3)4/h15,17-19,23H,6-14,16,20-22H2,1-5H3/b25-19+. The summed E-state index contributed by atoms with van der Waals surface area (Å²) in [6.07, 6.45) is 14.4. The Morgan fingerprint density at radius 3 is 2.34 bits per heavy atom. The second-order valence-electron chi connectivity index (χ2n) is 10.2. The van der Waals surface area contributed by atoms with Crippen molar-refractivity contribution in [1.82, 2.24) is 4.57 Å². The van der Waals surface area contributed by atoms with Crippen LogP contribution in [0.15, 0.2) is 46.3 Å². The Hall–Kier alpha value is -3.09. The summed E-state index contributed by atoms with van der Waals surface area (Å²) in [5.74, 6) is 0.560. The molecular formula is C31H46N2O5. The van der Waals surface area contributed by atoms with E-state index in [1.165, 1.54) is 42.5 Å². The number of hydrogen-bond donors (Lipinski definition) is 0. The Balaban J connectivity index is 2.45. The number of unbranched alkanes of at least 4 members (excludes halogenated alkanes) is 6. The first-order valence-corrected chi connectivity index (χ1v) is 14.2. The first-order valence-electron chi connectivity index (χ1n) is 14.2. The van der Waals surface area contributed by atoms with E-state index in [0.717, 1.165) is 44.9 Å². The summed E-state index contributed by atoms with van der Waals surface area (Å²) in [5, 5.41) is 12.2. The number of non-ortho nitro benzene ring substituents is 1. The first kappa shape index (κ1) is 31.1. The molecular weight excluding hydrogens is 480 g/mol. The minimum atomic E-state index is -0.427. The van der Waals surface area contributed by atoms with Crippen molar-refractivity contribution in [1.29, 1.82) is 0 Å². The summed E-state index contributed by atoms with van der Waals surface area (Å²) in [4.78, 5) is 24.9. The van der Waals surface area contributed by atoms with Gasteiger partial charge >= 0.3 is 0 Å². The molecule has 210 valence electrons. The van der Waals surface area contributed by atoms with Crippen LogP contribution in [0.25, 0.3) is 10.9 Å². The van der Waals surface area contributed by atoms with E-state index in [2.05, 4.69) is 40.7 Å². The topological polar surface area (TPSA) is 83.6 Å². The van der Waals surface area contributed by atoms with Crippen molar-refractivity contribution in [3.8, 4) is 11.5 Å². The van der Waals surface area contributed by atoms with Crippen LogP contribution in [-0.2, 0) is 6.54 Å². The number of rotatable bonds is 18. The fraction of sp³-hybridized carbons (Fsp3) is 0.581. The van der Waals surface area contributed by atoms with Crippen LogP contribution in [0, 0.1) is 10.1 Å². The SMILES string of the molecule is CCCCCCCCn1c(=O)c(OC/C=C(\C)CCC=C(C)C)c(OCCCC)c2ccc([N+](=O)[O-])cc21. The monoisotopic (exact) mass is 526 g/mol. The minimum absolute atomic E-state index is 0.0447. The molecule has 0 bridgehead atoms. The van der Waals surface area contributed by atoms with Gasteiger partial charge in [-0.2, -0.15) is 0 Å². The van der Waals surface area contributed by atoms with Gasteiger partial charge in [-0.25, -0.2) is 0 Å². The van der Waals surface area contributed by atoms with Gasteiger partial charge in [-0.05, 0) is 58.6 Å². The number of aryl methyl sites for hydroxylation is 1. The van der Waals surface area contributed by atoms with Gasteiger partial charge in [0.15, 0.2) is 5.75 Å². The van der Waals surface area contributed by atoms with Gasteiger partial charge in [-0.1, -0.05) is 69.6 Å². The highest BCUT2D eigenvalue weighted by atomic mass is 16.6. The lowest BCUT2D eigenvalue weighted by molar-refractivity contribution is -0.384. The van der Waals surface area contributed by atoms with Crippen LogP contribution in [0.3, 0.4) is 0 Å². The number of pyridine rings is 1.